The smallest absolute Gasteiger partial charge is 0.247 e. The third-order valence-corrected chi connectivity index (χ3v) is 4.27. The lowest BCUT2D eigenvalue weighted by Crippen LogP contribution is -2.19. The molecule has 2 heterocycles. The largest absolute Gasteiger partial charge is 0.326 e. The molecule has 0 saturated carbocycles. The predicted octanol–water partition coefficient (Wildman–Crippen LogP) is 2.43. The van der Waals surface area contributed by atoms with Gasteiger partial charge < -0.3 is 10.6 Å². The summed E-state index contributed by atoms with van der Waals surface area (Å²) >= 11 is 0. The quantitative estimate of drug-likeness (QED) is 0.545. The zero-order valence-corrected chi connectivity index (χ0v) is 16.0. The van der Waals surface area contributed by atoms with Crippen molar-refractivity contribution in [3.63, 3.8) is 0 Å². The first-order valence-electron chi connectivity index (χ1n) is 8.99. The standard InChI is InChI=1S/C20H19N7O2/c1-13(28)22-15-7-5-6-14(10-15)20-16-8-3-4-9-17(16)27(25-20)12-19(29)23-18-11-21-26(2)24-18/h3-11H,12H2,1-2H3,(H,22,28)(H,23,24,29). The number of aromatic nitrogens is 5. The number of nitrogens with zero attached hydrogens (tertiary/aromatic N) is 5. The van der Waals surface area contributed by atoms with Crippen molar-refractivity contribution in [1.29, 1.82) is 0 Å². The number of rotatable bonds is 5. The maximum Gasteiger partial charge on any atom is 0.247 e. The molecule has 9 heteroatoms. The van der Waals surface area contributed by atoms with Crippen LogP contribution in [0.25, 0.3) is 22.2 Å². The second kappa shape index (κ2) is 7.55. The van der Waals surface area contributed by atoms with Crippen LogP contribution in [0.15, 0.2) is 54.7 Å². The van der Waals surface area contributed by atoms with Gasteiger partial charge in [-0.2, -0.15) is 15.0 Å². The Morgan fingerprint density at radius 3 is 2.62 bits per heavy atom. The molecule has 0 aliphatic rings. The molecule has 2 N–H and O–H groups in total. The third-order valence-electron chi connectivity index (χ3n) is 4.27. The van der Waals surface area contributed by atoms with Crippen LogP contribution >= 0.6 is 0 Å². The number of amides is 2. The zero-order chi connectivity index (χ0) is 20.4. The molecule has 2 aromatic carbocycles. The molecule has 0 fully saturated rings. The van der Waals surface area contributed by atoms with Crippen molar-refractivity contribution >= 4 is 34.2 Å². The molecule has 146 valence electrons. The molecule has 4 aromatic rings. The first-order valence-corrected chi connectivity index (χ1v) is 8.99. The Hall–Kier alpha value is -4.01. The van der Waals surface area contributed by atoms with Crippen molar-refractivity contribution in [2.45, 2.75) is 13.5 Å². The van der Waals surface area contributed by atoms with E-state index in [9.17, 15) is 9.59 Å². The Labute approximate surface area is 166 Å². The Bertz CT molecular complexity index is 1210. The number of hydrogen-bond donors (Lipinski definition) is 2. The number of benzene rings is 2. The fourth-order valence-electron chi connectivity index (χ4n) is 3.13. The average molecular weight is 389 g/mol. The molecule has 0 radical (unpaired) electrons. The van der Waals surface area contributed by atoms with Crippen LogP contribution in [0.5, 0.6) is 0 Å². The Morgan fingerprint density at radius 1 is 1.03 bits per heavy atom. The highest BCUT2D eigenvalue weighted by atomic mass is 16.2. The molecule has 0 bridgehead atoms. The van der Waals surface area contributed by atoms with Gasteiger partial charge in [0.05, 0.1) is 11.7 Å². The van der Waals surface area contributed by atoms with Crippen LogP contribution in [-0.2, 0) is 23.2 Å². The molecule has 4 rings (SSSR count). The molecule has 2 aromatic heterocycles. The van der Waals surface area contributed by atoms with Crippen LogP contribution in [-0.4, -0.2) is 36.6 Å². The van der Waals surface area contributed by atoms with Crippen LogP contribution in [0.1, 0.15) is 6.92 Å². The van der Waals surface area contributed by atoms with Gasteiger partial charge in [0.2, 0.25) is 11.8 Å². The summed E-state index contributed by atoms with van der Waals surface area (Å²) < 4.78 is 1.65. The second-order valence-corrected chi connectivity index (χ2v) is 6.55. The Balaban J connectivity index is 1.67. The lowest BCUT2D eigenvalue weighted by molar-refractivity contribution is -0.117. The summed E-state index contributed by atoms with van der Waals surface area (Å²) in [5, 5.41) is 19.1. The Kier molecular flexibility index (Phi) is 4.78. The summed E-state index contributed by atoms with van der Waals surface area (Å²) in [5.74, 6) is -0.00675. The van der Waals surface area contributed by atoms with E-state index in [1.54, 1.807) is 11.7 Å². The average Bonchev–Trinajstić information content (AvgIpc) is 3.25. The minimum absolute atomic E-state index is 0.0302. The minimum Gasteiger partial charge on any atom is -0.326 e. The molecule has 0 atom stereocenters. The van der Waals surface area contributed by atoms with Gasteiger partial charge in [0.15, 0.2) is 5.82 Å². The summed E-state index contributed by atoms with van der Waals surface area (Å²) in [4.78, 5) is 25.2. The molecular formula is C20H19N7O2. The SMILES string of the molecule is CC(=O)Nc1cccc(-c2nn(CC(=O)Nc3cnn(C)n3)c3ccccc23)c1. The van der Waals surface area contributed by atoms with Gasteiger partial charge in [-0.05, 0) is 18.2 Å². The van der Waals surface area contributed by atoms with Crippen LogP contribution in [0.2, 0.25) is 0 Å². The van der Waals surface area contributed by atoms with Gasteiger partial charge in [0.25, 0.3) is 0 Å². The van der Waals surface area contributed by atoms with E-state index < -0.39 is 0 Å². The highest BCUT2D eigenvalue weighted by Gasteiger charge is 2.15. The summed E-state index contributed by atoms with van der Waals surface area (Å²) in [6.45, 7) is 1.50. The van der Waals surface area contributed by atoms with Crippen molar-refractivity contribution in [3.05, 3.63) is 54.7 Å². The monoisotopic (exact) mass is 389 g/mol. The maximum atomic E-state index is 12.5. The highest BCUT2D eigenvalue weighted by molar-refractivity contribution is 5.96. The van der Waals surface area contributed by atoms with Crippen molar-refractivity contribution in [2.24, 2.45) is 7.05 Å². The van der Waals surface area contributed by atoms with Crippen molar-refractivity contribution in [1.82, 2.24) is 24.8 Å². The topological polar surface area (TPSA) is 107 Å². The second-order valence-electron chi connectivity index (χ2n) is 6.55. The Morgan fingerprint density at radius 2 is 1.86 bits per heavy atom. The molecule has 9 nitrogen and oxygen atoms in total. The van der Waals surface area contributed by atoms with E-state index in [-0.39, 0.29) is 18.4 Å². The van der Waals surface area contributed by atoms with Crippen LogP contribution in [0.4, 0.5) is 11.5 Å². The minimum atomic E-state index is -0.252. The number of para-hydroxylation sites is 1. The fourth-order valence-corrected chi connectivity index (χ4v) is 3.13. The number of nitrogens with one attached hydrogen (secondary N) is 2. The van der Waals surface area contributed by atoms with Crippen LogP contribution < -0.4 is 10.6 Å². The van der Waals surface area contributed by atoms with Crippen molar-refractivity contribution < 1.29 is 9.59 Å². The van der Waals surface area contributed by atoms with E-state index in [1.807, 2.05) is 48.5 Å². The normalized spacial score (nSPS) is 10.8. The third kappa shape index (κ3) is 3.98. The molecule has 2 amide bonds. The first-order chi connectivity index (χ1) is 14.0. The van der Waals surface area contributed by atoms with E-state index in [1.165, 1.54) is 17.9 Å². The lowest BCUT2D eigenvalue weighted by Gasteiger charge is -2.04. The van der Waals surface area contributed by atoms with Crippen molar-refractivity contribution in [3.8, 4) is 11.3 Å². The van der Waals surface area contributed by atoms with Crippen LogP contribution in [0, 0.1) is 0 Å². The van der Waals surface area contributed by atoms with Crippen LogP contribution in [0.3, 0.4) is 0 Å². The molecule has 0 unspecified atom stereocenters. The van der Waals surface area contributed by atoms with Gasteiger partial charge in [0, 0.05) is 30.6 Å². The summed E-state index contributed by atoms with van der Waals surface area (Å²) in [5.41, 5.74) is 3.11. The molecule has 0 aliphatic carbocycles. The fraction of sp³-hybridized carbons (Fsp3) is 0.150. The number of fused-ring (bicyclic) bond motifs is 1. The lowest BCUT2D eigenvalue weighted by atomic mass is 10.1. The zero-order valence-electron chi connectivity index (χ0n) is 16.0. The van der Waals surface area contributed by atoms with Gasteiger partial charge in [0.1, 0.15) is 12.2 Å². The number of carbonyl (C=O) groups excluding carboxylic acids is 2. The van der Waals surface area contributed by atoms with E-state index in [0.29, 0.717) is 11.5 Å². The summed E-state index contributed by atoms with van der Waals surface area (Å²) in [7, 11) is 1.68. The maximum absolute atomic E-state index is 12.5. The first kappa shape index (κ1) is 18.4. The predicted molar refractivity (Wildman–Crippen MR) is 109 cm³/mol. The van der Waals surface area contributed by atoms with E-state index >= 15 is 0 Å². The molecular weight excluding hydrogens is 370 g/mol. The molecule has 0 spiro atoms. The molecule has 0 aliphatic heterocycles. The summed E-state index contributed by atoms with van der Waals surface area (Å²) in [6, 6.07) is 15.2. The van der Waals surface area contributed by atoms with E-state index in [0.717, 1.165) is 22.2 Å². The van der Waals surface area contributed by atoms with E-state index in [2.05, 4.69) is 25.9 Å². The summed E-state index contributed by atoms with van der Waals surface area (Å²) in [6.07, 6.45) is 1.48. The van der Waals surface area contributed by atoms with Gasteiger partial charge in [-0.1, -0.05) is 30.3 Å². The number of carbonyl (C=O) groups is 2. The number of anilines is 2. The highest BCUT2D eigenvalue weighted by Crippen LogP contribution is 2.29. The molecule has 29 heavy (non-hydrogen) atoms. The van der Waals surface area contributed by atoms with Gasteiger partial charge in [-0.3, -0.25) is 14.3 Å². The van der Waals surface area contributed by atoms with Gasteiger partial charge >= 0.3 is 0 Å². The van der Waals surface area contributed by atoms with Gasteiger partial charge in [-0.15, -0.1) is 5.10 Å². The van der Waals surface area contributed by atoms with Gasteiger partial charge in [-0.25, -0.2) is 0 Å². The molecule has 0 saturated heterocycles. The number of hydrogen-bond acceptors (Lipinski definition) is 5. The van der Waals surface area contributed by atoms with Crippen molar-refractivity contribution in [2.75, 3.05) is 10.6 Å². The van der Waals surface area contributed by atoms with E-state index in [4.69, 9.17) is 0 Å². The number of aryl methyl sites for hydroxylation is 1.